The molecule has 20 heavy (non-hydrogen) atoms. The average molecular weight is 285 g/mol. The average Bonchev–Trinajstić information content (AvgIpc) is 2.41. The highest BCUT2D eigenvalue weighted by molar-refractivity contribution is 5.69. The molecule has 1 unspecified atom stereocenters. The molecule has 2 aliphatic heterocycles. The zero-order valence-corrected chi connectivity index (χ0v) is 12.6. The first-order valence-electron chi connectivity index (χ1n) is 7.56. The normalized spacial score (nSPS) is 27.1. The molecule has 2 heterocycles. The fourth-order valence-corrected chi connectivity index (χ4v) is 2.93. The molecule has 1 atom stereocenters. The highest BCUT2D eigenvalue weighted by Gasteiger charge is 2.26. The van der Waals surface area contributed by atoms with Crippen LogP contribution in [-0.4, -0.2) is 96.9 Å². The number of aliphatic carboxylic acids is 1. The molecule has 0 aliphatic carbocycles. The molecule has 0 spiro atoms. The number of hydrogen-bond acceptors (Lipinski definition) is 5. The predicted octanol–water partition coefficient (Wildman–Crippen LogP) is -0.202. The Morgan fingerprint density at radius 1 is 1.20 bits per heavy atom. The van der Waals surface area contributed by atoms with Crippen LogP contribution in [-0.2, 0) is 9.53 Å². The van der Waals surface area contributed by atoms with Gasteiger partial charge in [-0.3, -0.25) is 19.5 Å². The van der Waals surface area contributed by atoms with Crippen molar-refractivity contribution in [1.82, 2.24) is 14.7 Å². The van der Waals surface area contributed by atoms with Crippen LogP contribution < -0.4 is 0 Å². The molecule has 0 aromatic rings. The van der Waals surface area contributed by atoms with Gasteiger partial charge in [-0.25, -0.2) is 0 Å². The van der Waals surface area contributed by atoms with E-state index < -0.39 is 5.97 Å². The second-order valence-corrected chi connectivity index (χ2v) is 6.05. The van der Waals surface area contributed by atoms with Crippen molar-refractivity contribution in [2.24, 2.45) is 0 Å². The number of carboxylic acids is 1. The molecule has 2 aliphatic rings. The van der Waals surface area contributed by atoms with Crippen molar-refractivity contribution in [3.8, 4) is 0 Å². The molecule has 0 amide bonds. The molecule has 2 fully saturated rings. The third-order valence-electron chi connectivity index (χ3n) is 4.19. The molecule has 0 bridgehead atoms. The lowest BCUT2D eigenvalue weighted by atomic mass is 10.2. The smallest absolute Gasteiger partial charge is 0.317 e. The fraction of sp³-hybridized carbons (Fsp3) is 0.929. The highest BCUT2D eigenvalue weighted by Crippen LogP contribution is 2.11. The molecule has 0 saturated carbocycles. The van der Waals surface area contributed by atoms with Crippen molar-refractivity contribution in [2.75, 3.05) is 59.0 Å². The van der Waals surface area contributed by atoms with Crippen molar-refractivity contribution in [2.45, 2.75) is 26.0 Å². The Balaban J connectivity index is 1.71. The Kier molecular flexibility index (Phi) is 5.77. The third kappa shape index (κ3) is 4.70. The van der Waals surface area contributed by atoms with E-state index in [2.05, 4.69) is 23.6 Å². The van der Waals surface area contributed by atoms with Crippen molar-refractivity contribution in [1.29, 1.82) is 0 Å². The summed E-state index contributed by atoms with van der Waals surface area (Å²) in [5.74, 6) is -0.735. The molecule has 0 aromatic carbocycles. The molecule has 116 valence electrons. The maximum Gasteiger partial charge on any atom is 0.317 e. The van der Waals surface area contributed by atoms with Gasteiger partial charge in [0.2, 0.25) is 0 Å². The van der Waals surface area contributed by atoms with Gasteiger partial charge >= 0.3 is 5.97 Å². The quantitative estimate of drug-likeness (QED) is 0.755. The molecule has 2 rings (SSSR count). The molecule has 1 N–H and O–H groups in total. The van der Waals surface area contributed by atoms with Crippen LogP contribution in [0.15, 0.2) is 0 Å². The van der Waals surface area contributed by atoms with Crippen LogP contribution in [0.25, 0.3) is 0 Å². The molecule has 0 radical (unpaired) electrons. The molecule has 0 aromatic heterocycles. The van der Waals surface area contributed by atoms with E-state index in [-0.39, 0.29) is 12.6 Å². The number of piperazine rings is 1. The first kappa shape index (κ1) is 15.7. The van der Waals surface area contributed by atoms with Gasteiger partial charge in [0, 0.05) is 51.9 Å². The van der Waals surface area contributed by atoms with Crippen LogP contribution >= 0.6 is 0 Å². The summed E-state index contributed by atoms with van der Waals surface area (Å²) in [5, 5.41) is 8.79. The van der Waals surface area contributed by atoms with E-state index in [0.29, 0.717) is 6.04 Å². The summed E-state index contributed by atoms with van der Waals surface area (Å²) in [6, 6.07) is 0.578. The maximum absolute atomic E-state index is 10.7. The Morgan fingerprint density at radius 3 is 2.45 bits per heavy atom. The third-order valence-corrected chi connectivity index (χ3v) is 4.19. The van der Waals surface area contributed by atoms with E-state index in [1.807, 2.05) is 4.90 Å². The van der Waals surface area contributed by atoms with Crippen LogP contribution in [0.5, 0.6) is 0 Å². The van der Waals surface area contributed by atoms with E-state index in [4.69, 9.17) is 9.84 Å². The van der Waals surface area contributed by atoms with Crippen molar-refractivity contribution in [3.63, 3.8) is 0 Å². The minimum absolute atomic E-state index is 0.162. The second-order valence-electron chi connectivity index (χ2n) is 6.05. The number of carbonyl (C=O) groups is 1. The summed E-state index contributed by atoms with van der Waals surface area (Å²) in [5.41, 5.74) is 0. The number of ether oxygens (including phenoxy) is 1. The van der Waals surface area contributed by atoms with Crippen LogP contribution in [0, 0.1) is 0 Å². The van der Waals surface area contributed by atoms with Crippen molar-refractivity contribution < 1.29 is 14.6 Å². The fourth-order valence-electron chi connectivity index (χ4n) is 2.93. The first-order chi connectivity index (χ1) is 9.54. The standard InChI is InChI=1S/C14H27N3O3/c1-12(2)17-7-8-20-13(10-17)9-15-3-5-16(6-4-15)11-14(18)19/h12-13H,3-11H2,1-2H3,(H,18,19). The summed E-state index contributed by atoms with van der Waals surface area (Å²) >= 11 is 0. The highest BCUT2D eigenvalue weighted by atomic mass is 16.5. The number of morpholine rings is 1. The summed E-state index contributed by atoms with van der Waals surface area (Å²) in [6.45, 7) is 12.0. The van der Waals surface area contributed by atoms with E-state index in [0.717, 1.165) is 52.4 Å². The van der Waals surface area contributed by atoms with Crippen LogP contribution in [0.3, 0.4) is 0 Å². The van der Waals surface area contributed by atoms with Gasteiger partial charge in [-0.2, -0.15) is 0 Å². The first-order valence-corrected chi connectivity index (χ1v) is 7.56. The lowest BCUT2D eigenvalue weighted by molar-refractivity contribution is -0.138. The number of nitrogens with zero attached hydrogens (tertiary/aromatic N) is 3. The minimum Gasteiger partial charge on any atom is -0.480 e. The van der Waals surface area contributed by atoms with Crippen molar-refractivity contribution in [3.05, 3.63) is 0 Å². The zero-order chi connectivity index (χ0) is 14.5. The predicted molar refractivity (Wildman–Crippen MR) is 77.0 cm³/mol. The second kappa shape index (κ2) is 7.36. The van der Waals surface area contributed by atoms with Gasteiger partial charge in [0.05, 0.1) is 19.3 Å². The summed E-state index contributed by atoms with van der Waals surface area (Å²) in [7, 11) is 0. The van der Waals surface area contributed by atoms with Gasteiger partial charge in [-0.1, -0.05) is 0 Å². The Morgan fingerprint density at radius 2 is 1.85 bits per heavy atom. The van der Waals surface area contributed by atoms with Gasteiger partial charge in [0.25, 0.3) is 0 Å². The van der Waals surface area contributed by atoms with E-state index >= 15 is 0 Å². The van der Waals surface area contributed by atoms with E-state index in [9.17, 15) is 4.79 Å². The van der Waals surface area contributed by atoms with Gasteiger partial charge in [-0.05, 0) is 13.8 Å². The summed E-state index contributed by atoms with van der Waals surface area (Å²) in [4.78, 5) is 17.5. The van der Waals surface area contributed by atoms with Crippen LogP contribution in [0.2, 0.25) is 0 Å². The SMILES string of the molecule is CC(C)N1CCOC(CN2CCN(CC(=O)O)CC2)C1. The summed E-state index contributed by atoms with van der Waals surface area (Å²) in [6.07, 6.45) is 0.289. The number of rotatable bonds is 5. The van der Waals surface area contributed by atoms with E-state index in [1.54, 1.807) is 0 Å². The van der Waals surface area contributed by atoms with Crippen LogP contribution in [0.4, 0.5) is 0 Å². The topological polar surface area (TPSA) is 56.2 Å². The van der Waals surface area contributed by atoms with E-state index in [1.165, 1.54) is 0 Å². The van der Waals surface area contributed by atoms with Gasteiger partial charge in [0.15, 0.2) is 0 Å². The van der Waals surface area contributed by atoms with Crippen molar-refractivity contribution >= 4 is 5.97 Å². The monoisotopic (exact) mass is 285 g/mol. The molecule has 2 saturated heterocycles. The molecular weight excluding hydrogens is 258 g/mol. The molecule has 6 heteroatoms. The molecular formula is C14H27N3O3. The minimum atomic E-state index is -0.735. The zero-order valence-electron chi connectivity index (χ0n) is 12.6. The lowest BCUT2D eigenvalue weighted by Gasteiger charge is -2.40. The Bertz CT molecular complexity index is 317. The van der Waals surface area contributed by atoms with Gasteiger partial charge in [-0.15, -0.1) is 0 Å². The largest absolute Gasteiger partial charge is 0.480 e. The summed E-state index contributed by atoms with van der Waals surface area (Å²) < 4.78 is 5.86. The van der Waals surface area contributed by atoms with Gasteiger partial charge in [0.1, 0.15) is 0 Å². The lowest BCUT2D eigenvalue weighted by Crippen LogP contribution is -2.54. The molecule has 6 nitrogen and oxygen atoms in total. The van der Waals surface area contributed by atoms with Gasteiger partial charge < -0.3 is 9.84 Å². The maximum atomic E-state index is 10.7. The van der Waals surface area contributed by atoms with Crippen LogP contribution in [0.1, 0.15) is 13.8 Å². The Labute approximate surface area is 121 Å². The number of hydrogen-bond donors (Lipinski definition) is 1. The number of carboxylic acid groups (broad SMARTS) is 1. The Hall–Kier alpha value is -0.690.